The van der Waals surface area contributed by atoms with Crippen LogP contribution in [0, 0.1) is 11.8 Å². The molecule has 0 aromatic carbocycles. The second-order valence-electron chi connectivity index (χ2n) is 5.65. The number of carbonyl (C=O) groups excluding carboxylic acids is 1. The van der Waals surface area contributed by atoms with Gasteiger partial charge in [-0.05, 0) is 44.7 Å². The number of carbonyl (C=O) groups is 1. The number of nitrogens with zero attached hydrogens (tertiary/aromatic N) is 1. The van der Waals surface area contributed by atoms with Gasteiger partial charge in [-0.1, -0.05) is 20.8 Å². The summed E-state index contributed by atoms with van der Waals surface area (Å²) in [6.07, 6.45) is 2.87. The monoisotopic (exact) mass is 255 g/mol. The van der Waals surface area contributed by atoms with E-state index < -0.39 is 5.54 Å². The lowest BCUT2D eigenvalue weighted by molar-refractivity contribution is -0.123. The molecular weight excluding hydrogens is 226 g/mol. The molecule has 1 aliphatic heterocycles. The predicted molar refractivity (Wildman–Crippen MR) is 75.3 cm³/mol. The maximum atomic E-state index is 11.7. The molecule has 0 aromatic heterocycles. The lowest BCUT2D eigenvalue weighted by atomic mass is 9.87. The molecule has 0 aromatic rings. The lowest BCUT2D eigenvalue weighted by Crippen LogP contribution is -2.47. The van der Waals surface area contributed by atoms with Crippen LogP contribution in [0.2, 0.25) is 0 Å². The van der Waals surface area contributed by atoms with Crippen molar-refractivity contribution >= 4 is 5.91 Å². The van der Waals surface area contributed by atoms with Gasteiger partial charge in [0.15, 0.2) is 0 Å². The van der Waals surface area contributed by atoms with Crippen LogP contribution in [0.15, 0.2) is 0 Å². The van der Waals surface area contributed by atoms with Crippen LogP contribution >= 0.6 is 0 Å². The fraction of sp³-hybridized carbons (Fsp3) is 0.929. The zero-order valence-corrected chi connectivity index (χ0v) is 12.3. The Morgan fingerprint density at radius 2 is 2.06 bits per heavy atom. The highest BCUT2D eigenvalue weighted by Gasteiger charge is 2.45. The largest absolute Gasteiger partial charge is 0.354 e. The van der Waals surface area contributed by atoms with Crippen molar-refractivity contribution in [2.75, 3.05) is 26.7 Å². The van der Waals surface area contributed by atoms with E-state index in [1.807, 2.05) is 13.8 Å². The van der Waals surface area contributed by atoms with Crippen LogP contribution in [0.25, 0.3) is 0 Å². The summed E-state index contributed by atoms with van der Waals surface area (Å²) in [5.74, 6) is 1.33. The molecule has 106 valence electrons. The first kappa shape index (κ1) is 15.4. The maximum Gasteiger partial charge on any atom is 0.240 e. The van der Waals surface area contributed by atoms with Gasteiger partial charge < -0.3 is 16.0 Å². The number of amides is 1. The highest BCUT2D eigenvalue weighted by atomic mass is 16.2. The average molecular weight is 255 g/mol. The summed E-state index contributed by atoms with van der Waals surface area (Å²) in [5.41, 5.74) is 5.32. The SMILES string of the molecule is CC.C[C@H]1CN(C)CCC1CNC(=O)C1(N)CC1. The van der Waals surface area contributed by atoms with Gasteiger partial charge in [0.25, 0.3) is 0 Å². The third-order valence-electron chi connectivity index (χ3n) is 4.05. The number of rotatable bonds is 3. The molecule has 0 bridgehead atoms. The Bertz CT molecular complexity index is 276. The minimum absolute atomic E-state index is 0.0543. The van der Waals surface area contributed by atoms with Crippen molar-refractivity contribution in [3.63, 3.8) is 0 Å². The first-order valence-electron chi connectivity index (χ1n) is 7.27. The third-order valence-corrected chi connectivity index (χ3v) is 4.05. The number of nitrogens with two attached hydrogens (primary N) is 1. The predicted octanol–water partition coefficient (Wildman–Crippen LogP) is 1.21. The van der Waals surface area contributed by atoms with Crippen molar-refractivity contribution in [2.45, 2.75) is 45.6 Å². The summed E-state index contributed by atoms with van der Waals surface area (Å²) in [5, 5.41) is 3.02. The van der Waals surface area contributed by atoms with Crippen LogP contribution in [-0.2, 0) is 4.79 Å². The molecule has 1 aliphatic carbocycles. The van der Waals surface area contributed by atoms with Gasteiger partial charge in [-0.15, -0.1) is 0 Å². The van der Waals surface area contributed by atoms with Crippen molar-refractivity contribution < 1.29 is 4.79 Å². The Morgan fingerprint density at radius 3 is 2.56 bits per heavy atom. The Labute approximate surface area is 111 Å². The first-order chi connectivity index (χ1) is 8.51. The van der Waals surface area contributed by atoms with Crippen LogP contribution in [0.1, 0.15) is 40.0 Å². The minimum Gasteiger partial charge on any atom is -0.354 e. The molecule has 3 N–H and O–H groups in total. The van der Waals surface area contributed by atoms with E-state index in [0.717, 1.165) is 32.5 Å². The van der Waals surface area contributed by atoms with Crippen LogP contribution in [-0.4, -0.2) is 43.0 Å². The number of hydrogen-bond donors (Lipinski definition) is 2. The topological polar surface area (TPSA) is 58.4 Å². The molecule has 2 atom stereocenters. The van der Waals surface area contributed by atoms with E-state index in [0.29, 0.717) is 11.8 Å². The summed E-state index contributed by atoms with van der Waals surface area (Å²) < 4.78 is 0. The van der Waals surface area contributed by atoms with Crippen LogP contribution < -0.4 is 11.1 Å². The fourth-order valence-electron chi connectivity index (χ4n) is 2.47. The molecular formula is C14H29N3O. The molecule has 1 heterocycles. The molecule has 1 amide bonds. The van der Waals surface area contributed by atoms with E-state index in [-0.39, 0.29) is 5.91 Å². The molecule has 2 fully saturated rings. The Kier molecular flexibility index (Phi) is 5.60. The zero-order valence-electron chi connectivity index (χ0n) is 12.3. The van der Waals surface area contributed by atoms with Gasteiger partial charge in [0.1, 0.15) is 0 Å². The van der Waals surface area contributed by atoms with Crippen molar-refractivity contribution in [1.82, 2.24) is 10.2 Å². The Balaban J connectivity index is 0.000000771. The summed E-state index contributed by atoms with van der Waals surface area (Å²) >= 11 is 0. The van der Waals surface area contributed by atoms with E-state index in [1.54, 1.807) is 0 Å². The smallest absolute Gasteiger partial charge is 0.240 e. The molecule has 2 rings (SSSR count). The molecule has 4 nitrogen and oxygen atoms in total. The van der Waals surface area contributed by atoms with Crippen molar-refractivity contribution in [2.24, 2.45) is 17.6 Å². The molecule has 18 heavy (non-hydrogen) atoms. The van der Waals surface area contributed by atoms with Crippen molar-refractivity contribution in [3.8, 4) is 0 Å². The average Bonchev–Trinajstić information content (AvgIpc) is 3.10. The van der Waals surface area contributed by atoms with E-state index >= 15 is 0 Å². The van der Waals surface area contributed by atoms with Gasteiger partial charge in [-0.3, -0.25) is 4.79 Å². The van der Waals surface area contributed by atoms with Crippen LogP contribution in [0.4, 0.5) is 0 Å². The Morgan fingerprint density at radius 1 is 1.44 bits per heavy atom. The van der Waals surface area contributed by atoms with Gasteiger partial charge in [-0.2, -0.15) is 0 Å². The second kappa shape index (κ2) is 6.53. The van der Waals surface area contributed by atoms with E-state index in [4.69, 9.17) is 5.73 Å². The highest BCUT2D eigenvalue weighted by Crippen LogP contribution is 2.32. The lowest BCUT2D eigenvalue weighted by Gasteiger charge is -2.35. The first-order valence-corrected chi connectivity index (χ1v) is 7.27. The van der Waals surface area contributed by atoms with E-state index in [2.05, 4.69) is 24.2 Å². The number of nitrogens with one attached hydrogen (secondary N) is 1. The second-order valence-corrected chi connectivity index (χ2v) is 5.65. The van der Waals surface area contributed by atoms with E-state index in [9.17, 15) is 4.79 Å². The van der Waals surface area contributed by atoms with Crippen molar-refractivity contribution in [3.05, 3.63) is 0 Å². The van der Waals surface area contributed by atoms with Crippen molar-refractivity contribution in [1.29, 1.82) is 0 Å². The highest BCUT2D eigenvalue weighted by molar-refractivity contribution is 5.88. The fourth-order valence-corrected chi connectivity index (χ4v) is 2.47. The molecule has 1 unspecified atom stereocenters. The van der Waals surface area contributed by atoms with Gasteiger partial charge in [0.2, 0.25) is 5.91 Å². The van der Waals surface area contributed by atoms with Crippen LogP contribution in [0.5, 0.6) is 0 Å². The molecule has 0 spiro atoms. The minimum atomic E-state index is -0.519. The standard InChI is InChI=1S/C12H23N3O.C2H6/c1-9-8-15(2)6-3-10(9)7-14-11(16)12(13)4-5-12;1-2/h9-10H,3-8,13H2,1-2H3,(H,14,16);1-2H3/t9-,10?;/m0./s1. The normalized spacial score (nSPS) is 30.1. The molecule has 1 saturated carbocycles. The molecule has 1 saturated heterocycles. The summed E-state index contributed by atoms with van der Waals surface area (Å²) in [4.78, 5) is 14.0. The summed E-state index contributed by atoms with van der Waals surface area (Å²) in [6.45, 7) is 9.33. The molecule has 4 heteroatoms. The van der Waals surface area contributed by atoms with Crippen LogP contribution in [0.3, 0.4) is 0 Å². The van der Waals surface area contributed by atoms with Gasteiger partial charge in [-0.25, -0.2) is 0 Å². The summed E-state index contributed by atoms with van der Waals surface area (Å²) in [7, 11) is 2.16. The molecule has 0 radical (unpaired) electrons. The quantitative estimate of drug-likeness (QED) is 0.797. The Hall–Kier alpha value is -0.610. The third kappa shape index (κ3) is 3.95. The number of piperidine rings is 1. The van der Waals surface area contributed by atoms with Gasteiger partial charge in [0.05, 0.1) is 5.54 Å². The van der Waals surface area contributed by atoms with Gasteiger partial charge >= 0.3 is 0 Å². The van der Waals surface area contributed by atoms with E-state index in [1.165, 1.54) is 6.42 Å². The zero-order chi connectivity index (χ0) is 13.8. The summed E-state index contributed by atoms with van der Waals surface area (Å²) in [6, 6.07) is 0. The molecule has 2 aliphatic rings. The van der Waals surface area contributed by atoms with Gasteiger partial charge in [0, 0.05) is 13.1 Å². The number of likely N-dealkylation sites (tertiary alicyclic amines) is 1. The number of hydrogen-bond acceptors (Lipinski definition) is 3. The maximum absolute atomic E-state index is 11.7.